The summed E-state index contributed by atoms with van der Waals surface area (Å²) in [7, 11) is -1.39. The highest BCUT2D eigenvalue weighted by atomic mass is 32.2. The minimum Gasteiger partial charge on any atom is -0.454 e. The molecule has 0 spiro atoms. The van der Waals surface area contributed by atoms with Crippen molar-refractivity contribution in [2.75, 3.05) is 16.6 Å². The SMILES string of the molecule is Cn1ccnc1COC(=O)c1ccc(N2CCCS2(=O)=O)cc1. The van der Waals surface area contributed by atoms with E-state index in [9.17, 15) is 13.2 Å². The lowest BCUT2D eigenvalue weighted by Crippen LogP contribution is -2.25. The minimum absolute atomic E-state index is 0.0879. The molecule has 23 heavy (non-hydrogen) atoms. The topological polar surface area (TPSA) is 81.5 Å². The van der Waals surface area contributed by atoms with Crippen molar-refractivity contribution in [2.24, 2.45) is 7.05 Å². The van der Waals surface area contributed by atoms with Crippen LogP contribution >= 0.6 is 0 Å². The molecule has 2 aromatic rings. The highest BCUT2D eigenvalue weighted by Gasteiger charge is 2.28. The lowest BCUT2D eigenvalue weighted by molar-refractivity contribution is 0.0459. The molecule has 2 heterocycles. The van der Waals surface area contributed by atoms with Crippen molar-refractivity contribution < 1.29 is 17.9 Å². The number of benzene rings is 1. The molecule has 0 amide bonds. The molecule has 1 aliphatic rings. The largest absolute Gasteiger partial charge is 0.454 e. The third-order valence-electron chi connectivity index (χ3n) is 3.74. The summed E-state index contributed by atoms with van der Waals surface area (Å²) in [6.45, 7) is 0.565. The first kappa shape index (κ1) is 15.5. The number of anilines is 1. The van der Waals surface area contributed by atoms with Gasteiger partial charge in [0.15, 0.2) is 0 Å². The van der Waals surface area contributed by atoms with Crippen LogP contribution in [0.25, 0.3) is 0 Å². The van der Waals surface area contributed by atoms with Gasteiger partial charge in [0.1, 0.15) is 12.4 Å². The molecular weight excluding hydrogens is 318 g/mol. The summed E-state index contributed by atoms with van der Waals surface area (Å²) in [5, 5.41) is 0. The van der Waals surface area contributed by atoms with E-state index in [0.29, 0.717) is 30.0 Å². The number of ether oxygens (including phenoxy) is 1. The number of rotatable bonds is 4. The van der Waals surface area contributed by atoms with Crippen LogP contribution in [0, 0.1) is 0 Å². The van der Waals surface area contributed by atoms with Gasteiger partial charge >= 0.3 is 5.97 Å². The number of nitrogens with zero attached hydrogens (tertiary/aromatic N) is 3. The first-order valence-corrected chi connectivity index (χ1v) is 8.82. The van der Waals surface area contributed by atoms with Crippen molar-refractivity contribution in [3.63, 3.8) is 0 Å². The maximum absolute atomic E-state index is 12.0. The highest BCUT2D eigenvalue weighted by Crippen LogP contribution is 2.24. The Hall–Kier alpha value is -2.35. The number of aromatic nitrogens is 2. The van der Waals surface area contributed by atoms with E-state index in [4.69, 9.17) is 4.74 Å². The van der Waals surface area contributed by atoms with Gasteiger partial charge in [0.05, 0.1) is 17.0 Å². The third-order valence-corrected chi connectivity index (χ3v) is 5.61. The van der Waals surface area contributed by atoms with Crippen molar-refractivity contribution in [3.05, 3.63) is 48.0 Å². The highest BCUT2D eigenvalue weighted by molar-refractivity contribution is 7.93. The fourth-order valence-corrected chi connectivity index (χ4v) is 4.01. The summed E-state index contributed by atoms with van der Waals surface area (Å²) in [6.07, 6.45) is 4.03. The molecule has 0 atom stereocenters. The van der Waals surface area contributed by atoms with Crippen LogP contribution in [-0.4, -0.2) is 36.2 Å². The second-order valence-corrected chi connectivity index (χ2v) is 7.33. The van der Waals surface area contributed by atoms with Crippen LogP contribution in [-0.2, 0) is 28.4 Å². The molecule has 7 nitrogen and oxygen atoms in total. The van der Waals surface area contributed by atoms with Crippen LogP contribution in [0.4, 0.5) is 5.69 Å². The molecule has 0 N–H and O–H groups in total. The number of hydrogen-bond acceptors (Lipinski definition) is 5. The van der Waals surface area contributed by atoms with Gasteiger partial charge < -0.3 is 9.30 Å². The second kappa shape index (κ2) is 6.04. The molecule has 3 rings (SSSR count). The first-order chi connectivity index (χ1) is 11.0. The van der Waals surface area contributed by atoms with Gasteiger partial charge in [0, 0.05) is 26.0 Å². The van der Waals surface area contributed by atoms with E-state index in [2.05, 4.69) is 4.98 Å². The molecular formula is C15H17N3O4S. The molecule has 1 fully saturated rings. The average molecular weight is 335 g/mol. The Labute approximate surface area is 134 Å². The van der Waals surface area contributed by atoms with Gasteiger partial charge in [-0.25, -0.2) is 18.2 Å². The lowest BCUT2D eigenvalue weighted by atomic mass is 10.2. The monoisotopic (exact) mass is 335 g/mol. The summed E-state index contributed by atoms with van der Waals surface area (Å²) >= 11 is 0. The number of aryl methyl sites for hydroxylation is 1. The Morgan fingerprint density at radius 2 is 2.04 bits per heavy atom. The molecule has 1 aromatic heterocycles. The van der Waals surface area contributed by atoms with E-state index in [1.807, 2.05) is 7.05 Å². The van der Waals surface area contributed by atoms with Gasteiger partial charge in [0.25, 0.3) is 0 Å². The van der Waals surface area contributed by atoms with Crippen molar-refractivity contribution in [2.45, 2.75) is 13.0 Å². The molecule has 8 heteroatoms. The zero-order valence-electron chi connectivity index (χ0n) is 12.7. The molecule has 0 unspecified atom stereocenters. The van der Waals surface area contributed by atoms with Gasteiger partial charge in [-0.15, -0.1) is 0 Å². The Kier molecular flexibility index (Phi) is 4.08. The fourth-order valence-electron chi connectivity index (χ4n) is 2.44. The molecule has 1 saturated heterocycles. The summed E-state index contributed by atoms with van der Waals surface area (Å²) < 4.78 is 32.1. The Morgan fingerprint density at radius 1 is 1.30 bits per heavy atom. The first-order valence-electron chi connectivity index (χ1n) is 7.21. The van der Waals surface area contributed by atoms with Crippen LogP contribution in [0.15, 0.2) is 36.7 Å². The molecule has 0 saturated carbocycles. The summed E-state index contributed by atoms with van der Waals surface area (Å²) in [5.41, 5.74) is 0.947. The van der Waals surface area contributed by atoms with E-state index < -0.39 is 16.0 Å². The van der Waals surface area contributed by atoms with Crippen LogP contribution < -0.4 is 4.31 Å². The third kappa shape index (κ3) is 3.21. The van der Waals surface area contributed by atoms with Gasteiger partial charge in [0.2, 0.25) is 10.0 Å². The molecule has 0 radical (unpaired) electrons. The van der Waals surface area contributed by atoms with E-state index in [1.54, 1.807) is 41.2 Å². The Morgan fingerprint density at radius 3 is 2.61 bits per heavy atom. The smallest absolute Gasteiger partial charge is 0.338 e. The van der Waals surface area contributed by atoms with Crippen LogP contribution in [0.3, 0.4) is 0 Å². The Bertz CT molecular complexity index is 812. The van der Waals surface area contributed by atoms with Gasteiger partial charge in [-0.3, -0.25) is 4.31 Å². The van der Waals surface area contributed by atoms with E-state index in [1.165, 1.54) is 4.31 Å². The zero-order valence-corrected chi connectivity index (χ0v) is 13.5. The van der Waals surface area contributed by atoms with Crippen LogP contribution in [0.2, 0.25) is 0 Å². The number of imidazole rings is 1. The molecule has 0 bridgehead atoms. The van der Waals surface area contributed by atoms with E-state index >= 15 is 0 Å². The van der Waals surface area contributed by atoms with Gasteiger partial charge in [-0.1, -0.05) is 0 Å². The maximum Gasteiger partial charge on any atom is 0.338 e. The summed E-state index contributed by atoms with van der Waals surface area (Å²) in [6, 6.07) is 6.40. The summed E-state index contributed by atoms with van der Waals surface area (Å²) in [5.74, 6) is 0.349. The zero-order chi connectivity index (χ0) is 16.4. The minimum atomic E-state index is -3.21. The second-order valence-electron chi connectivity index (χ2n) is 5.32. The predicted molar refractivity (Wildman–Crippen MR) is 84.5 cm³/mol. The molecule has 1 aliphatic heterocycles. The Balaban J connectivity index is 1.67. The summed E-state index contributed by atoms with van der Waals surface area (Å²) in [4.78, 5) is 16.1. The van der Waals surface area contributed by atoms with Crippen molar-refractivity contribution in [1.29, 1.82) is 0 Å². The van der Waals surface area contributed by atoms with Crippen LogP contribution in [0.1, 0.15) is 22.6 Å². The van der Waals surface area contributed by atoms with Crippen LogP contribution in [0.5, 0.6) is 0 Å². The normalized spacial score (nSPS) is 16.5. The number of carbonyl (C=O) groups is 1. The van der Waals surface area contributed by atoms with E-state index in [-0.39, 0.29) is 12.4 Å². The average Bonchev–Trinajstić information content (AvgIpc) is 3.10. The molecule has 1 aromatic carbocycles. The lowest BCUT2D eigenvalue weighted by Gasteiger charge is -2.16. The number of sulfonamides is 1. The number of hydrogen-bond donors (Lipinski definition) is 0. The van der Waals surface area contributed by atoms with Crippen molar-refractivity contribution >= 4 is 21.7 Å². The fraction of sp³-hybridized carbons (Fsp3) is 0.333. The molecule has 122 valence electrons. The van der Waals surface area contributed by atoms with Gasteiger partial charge in [-0.2, -0.15) is 0 Å². The molecule has 0 aliphatic carbocycles. The van der Waals surface area contributed by atoms with E-state index in [0.717, 1.165) is 0 Å². The van der Waals surface area contributed by atoms with Crippen molar-refractivity contribution in [1.82, 2.24) is 9.55 Å². The quantitative estimate of drug-likeness (QED) is 0.787. The van der Waals surface area contributed by atoms with Crippen molar-refractivity contribution in [3.8, 4) is 0 Å². The number of carbonyl (C=O) groups excluding carboxylic acids is 1. The predicted octanol–water partition coefficient (Wildman–Crippen LogP) is 1.32. The van der Waals surface area contributed by atoms with Gasteiger partial charge in [-0.05, 0) is 30.7 Å². The standard InChI is InChI=1S/C15H17N3O4S/c1-17-9-7-16-14(17)11-22-15(19)12-3-5-13(6-4-12)18-8-2-10-23(18,20)21/h3-7,9H,2,8,10-11H2,1H3. The number of esters is 1. The maximum atomic E-state index is 12.0.